The zero-order valence-corrected chi connectivity index (χ0v) is 11.9. The highest BCUT2D eigenvalue weighted by Crippen LogP contribution is 2.29. The third kappa shape index (κ3) is 2.54. The molecule has 0 aromatic heterocycles. The van der Waals surface area contributed by atoms with Gasteiger partial charge in [-0.15, -0.1) is 0 Å². The standard InChI is InChI=1S/C18H14ClF/c1-12-10-13(3-9-18(12)19)2-4-14-5-6-15-7-8-16(20)11-17(14)15/h2-5,7-11H,6H2,1H3/b4-2+. The van der Waals surface area contributed by atoms with E-state index in [0.717, 1.165) is 33.7 Å². The first-order valence-corrected chi connectivity index (χ1v) is 6.94. The molecular formula is C18H14ClF. The van der Waals surface area contributed by atoms with Gasteiger partial charge in [-0.25, -0.2) is 4.39 Å². The predicted octanol–water partition coefficient (Wildman–Crippen LogP) is 5.44. The Hall–Kier alpha value is -1.86. The molecule has 1 aliphatic rings. The van der Waals surface area contributed by atoms with Gasteiger partial charge in [-0.3, -0.25) is 0 Å². The molecule has 0 spiro atoms. The Labute approximate surface area is 123 Å². The molecule has 100 valence electrons. The van der Waals surface area contributed by atoms with Crippen molar-refractivity contribution in [1.82, 2.24) is 0 Å². The first-order valence-electron chi connectivity index (χ1n) is 6.57. The highest BCUT2D eigenvalue weighted by molar-refractivity contribution is 6.31. The van der Waals surface area contributed by atoms with Crippen molar-refractivity contribution < 1.29 is 4.39 Å². The molecular weight excluding hydrogens is 271 g/mol. The molecule has 2 aromatic rings. The van der Waals surface area contributed by atoms with Gasteiger partial charge < -0.3 is 0 Å². The van der Waals surface area contributed by atoms with Gasteiger partial charge in [-0.1, -0.05) is 48.0 Å². The summed E-state index contributed by atoms with van der Waals surface area (Å²) < 4.78 is 13.3. The van der Waals surface area contributed by atoms with E-state index in [0.29, 0.717) is 0 Å². The van der Waals surface area contributed by atoms with Gasteiger partial charge in [0.05, 0.1) is 0 Å². The molecule has 0 heterocycles. The highest BCUT2D eigenvalue weighted by atomic mass is 35.5. The fraction of sp³-hybridized carbons (Fsp3) is 0.111. The normalized spacial score (nSPS) is 13.7. The second-order valence-electron chi connectivity index (χ2n) is 5.01. The Kier molecular flexibility index (Phi) is 3.45. The van der Waals surface area contributed by atoms with Gasteiger partial charge in [-0.05, 0) is 59.4 Å². The fourth-order valence-corrected chi connectivity index (χ4v) is 2.56. The van der Waals surface area contributed by atoms with Crippen LogP contribution < -0.4 is 0 Å². The minimum absolute atomic E-state index is 0.188. The summed E-state index contributed by atoms with van der Waals surface area (Å²) in [5.41, 5.74) is 5.40. The number of hydrogen-bond acceptors (Lipinski definition) is 0. The van der Waals surface area contributed by atoms with E-state index in [1.807, 2.05) is 43.3 Å². The summed E-state index contributed by atoms with van der Waals surface area (Å²) >= 11 is 6.02. The van der Waals surface area contributed by atoms with Gasteiger partial charge in [0, 0.05) is 5.02 Å². The third-order valence-electron chi connectivity index (χ3n) is 3.56. The Morgan fingerprint density at radius 2 is 1.95 bits per heavy atom. The van der Waals surface area contributed by atoms with E-state index in [2.05, 4.69) is 6.08 Å². The summed E-state index contributed by atoms with van der Waals surface area (Å²) in [6.45, 7) is 1.99. The quantitative estimate of drug-likeness (QED) is 0.689. The van der Waals surface area contributed by atoms with E-state index in [-0.39, 0.29) is 5.82 Å². The van der Waals surface area contributed by atoms with Crippen LogP contribution in [0.3, 0.4) is 0 Å². The number of halogens is 2. The molecule has 2 heteroatoms. The lowest BCUT2D eigenvalue weighted by atomic mass is 10.0. The largest absolute Gasteiger partial charge is 0.207 e. The maximum absolute atomic E-state index is 13.3. The summed E-state index contributed by atoms with van der Waals surface area (Å²) in [7, 11) is 0. The van der Waals surface area contributed by atoms with Gasteiger partial charge >= 0.3 is 0 Å². The van der Waals surface area contributed by atoms with Crippen molar-refractivity contribution in [2.45, 2.75) is 13.3 Å². The van der Waals surface area contributed by atoms with Crippen LogP contribution in [-0.4, -0.2) is 0 Å². The van der Waals surface area contributed by atoms with E-state index in [1.165, 1.54) is 11.6 Å². The fourth-order valence-electron chi connectivity index (χ4n) is 2.44. The van der Waals surface area contributed by atoms with Crippen molar-refractivity contribution in [2.75, 3.05) is 0 Å². The van der Waals surface area contributed by atoms with E-state index < -0.39 is 0 Å². The number of allylic oxidation sites excluding steroid dienone is 3. The van der Waals surface area contributed by atoms with Crippen LogP contribution >= 0.6 is 11.6 Å². The minimum Gasteiger partial charge on any atom is -0.207 e. The number of benzene rings is 2. The molecule has 0 saturated heterocycles. The van der Waals surface area contributed by atoms with E-state index in [9.17, 15) is 4.39 Å². The number of hydrogen-bond donors (Lipinski definition) is 0. The van der Waals surface area contributed by atoms with E-state index >= 15 is 0 Å². The monoisotopic (exact) mass is 284 g/mol. The molecule has 2 aromatic carbocycles. The number of aryl methyl sites for hydroxylation is 1. The average Bonchev–Trinajstić information content (AvgIpc) is 2.82. The van der Waals surface area contributed by atoms with Crippen LogP contribution in [0, 0.1) is 12.7 Å². The Bertz CT molecular complexity index is 726. The van der Waals surface area contributed by atoms with Crippen LogP contribution in [0.15, 0.2) is 48.6 Å². The molecule has 20 heavy (non-hydrogen) atoms. The smallest absolute Gasteiger partial charge is 0.123 e. The van der Waals surface area contributed by atoms with E-state index in [1.54, 1.807) is 6.07 Å². The zero-order valence-electron chi connectivity index (χ0n) is 11.2. The zero-order chi connectivity index (χ0) is 14.1. The van der Waals surface area contributed by atoms with Crippen molar-refractivity contribution in [1.29, 1.82) is 0 Å². The third-order valence-corrected chi connectivity index (χ3v) is 3.99. The summed E-state index contributed by atoms with van der Waals surface area (Å²) in [6.07, 6.45) is 7.07. The molecule has 0 bridgehead atoms. The van der Waals surface area contributed by atoms with Crippen molar-refractivity contribution in [3.8, 4) is 0 Å². The van der Waals surface area contributed by atoms with Crippen LogP contribution in [0.25, 0.3) is 11.6 Å². The lowest BCUT2D eigenvalue weighted by Crippen LogP contribution is -1.85. The number of rotatable bonds is 2. The lowest BCUT2D eigenvalue weighted by Gasteiger charge is -2.02. The Balaban J connectivity index is 1.88. The number of fused-ring (bicyclic) bond motifs is 1. The lowest BCUT2D eigenvalue weighted by molar-refractivity contribution is 0.627. The van der Waals surface area contributed by atoms with Gasteiger partial charge in [-0.2, -0.15) is 0 Å². The van der Waals surface area contributed by atoms with Gasteiger partial charge in [0.25, 0.3) is 0 Å². The SMILES string of the molecule is Cc1cc(/C=C/C2=CCc3ccc(F)cc32)ccc1Cl. The molecule has 0 saturated carbocycles. The van der Waals surface area contributed by atoms with Gasteiger partial charge in [0.15, 0.2) is 0 Å². The molecule has 0 N–H and O–H groups in total. The molecule has 3 rings (SSSR count). The predicted molar refractivity (Wildman–Crippen MR) is 83.3 cm³/mol. The second kappa shape index (κ2) is 5.26. The first-order chi connectivity index (χ1) is 9.63. The van der Waals surface area contributed by atoms with Crippen LogP contribution in [0.1, 0.15) is 22.3 Å². The van der Waals surface area contributed by atoms with Crippen molar-refractivity contribution in [3.63, 3.8) is 0 Å². The van der Waals surface area contributed by atoms with Crippen LogP contribution in [0.5, 0.6) is 0 Å². The molecule has 0 radical (unpaired) electrons. The van der Waals surface area contributed by atoms with Gasteiger partial charge in [0.2, 0.25) is 0 Å². The molecule has 0 atom stereocenters. The van der Waals surface area contributed by atoms with Crippen molar-refractivity contribution in [3.05, 3.63) is 81.6 Å². The molecule has 0 unspecified atom stereocenters. The molecule has 1 aliphatic carbocycles. The first kappa shape index (κ1) is 13.1. The van der Waals surface area contributed by atoms with Crippen LogP contribution in [-0.2, 0) is 6.42 Å². The topological polar surface area (TPSA) is 0 Å². The Morgan fingerprint density at radius 1 is 1.10 bits per heavy atom. The maximum Gasteiger partial charge on any atom is 0.123 e. The molecule has 0 amide bonds. The summed E-state index contributed by atoms with van der Waals surface area (Å²) in [5, 5.41) is 0.773. The van der Waals surface area contributed by atoms with Gasteiger partial charge in [0.1, 0.15) is 5.82 Å². The van der Waals surface area contributed by atoms with E-state index in [4.69, 9.17) is 11.6 Å². The maximum atomic E-state index is 13.3. The van der Waals surface area contributed by atoms with Crippen molar-refractivity contribution in [2.24, 2.45) is 0 Å². The molecule has 0 nitrogen and oxygen atoms in total. The molecule has 0 fully saturated rings. The van der Waals surface area contributed by atoms with Crippen molar-refractivity contribution >= 4 is 23.3 Å². The summed E-state index contributed by atoms with van der Waals surface area (Å²) in [5.74, 6) is -0.188. The summed E-state index contributed by atoms with van der Waals surface area (Å²) in [6, 6.07) is 10.9. The highest BCUT2D eigenvalue weighted by Gasteiger charge is 2.12. The average molecular weight is 285 g/mol. The van der Waals surface area contributed by atoms with Crippen LogP contribution in [0.2, 0.25) is 5.02 Å². The summed E-state index contributed by atoms with van der Waals surface area (Å²) in [4.78, 5) is 0. The Morgan fingerprint density at radius 3 is 2.75 bits per heavy atom. The minimum atomic E-state index is -0.188. The van der Waals surface area contributed by atoms with Crippen LogP contribution in [0.4, 0.5) is 4.39 Å². The second-order valence-corrected chi connectivity index (χ2v) is 5.41. The molecule has 0 aliphatic heterocycles.